The first-order valence-corrected chi connectivity index (χ1v) is 11.9. The lowest BCUT2D eigenvalue weighted by Crippen LogP contribution is -2.44. The highest BCUT2D eigenvalue weighted by Gasteiger charge is 2.55. The summed E-state index contributed by atoms with van der Waals surface area (Å²) in [6.45, 7) is 2.41. The Kier molecular flexibility index (Phi) is 4.80. The molecule has 33 heavy (non-hydrogen) atoms. The predicted octanol–water partition coefficient (Wildman–Crippen LogP) is 4.81. The first-order chi connectivity index (χ1) is 16.0. The van der Waals surface area contributed by atoms with Crippen LogP contribution in [0.4, 0.5) is 0 Å². The van der Waals surface area contributed by atoms with E-state index >= 15 is 0 Å². The minimum atomic E-state index is -0.919. The number of benzene rings is 2. The van der Waals surface area contributed by atoms with Crippen molar-refractivity contribution in [2.75, 3.05) is 19.7 Å². The first kappa shape index (κ1) is 20.5. The number of rotatable bonds is 4. The second-order valence-electron chi connectivity index (χ2n) is 9.86. The molecule has 170 valence electrons. The van der Waals surface area contributed by atoms with Gasteiger partial charge in [-0.2, -0.15) is 0 Å². The zero-order chi connectivity index (χ0) is 22.6. The van der Waals surface area contributed by atoms with E-state index in [1.165, 1.54) is 12.0 Å². The second-order valence-corrected chi connectivity index (χ2v) is 9.86. The van der Waals surface area contributed by atoms with E-state index in [9.17, 15) is 14.7 Å². The van der Waals surface area contributed by atoms with Gasteiger partial charge in [-0.25, -0.2) is 4.79 Å². The van der Waals surface area contributed by atoms with Gasteiger partial charge in [-0.3, -0.25) is 4.79 Å². The maximum atomic E-state index is 12.6. The lowest BCUT2D eigenvalue weighted by atomic mass is 9.88. The Morgan fingerprint density at radius 3 is 2.55 bits per heavy atom. The van der Waals surface area contributed by atoms with E-state index in [0.717, 1.165) is 60.9 Å². The fourth-order valence-electron chi connectivity index (χ4n) is 5.83. The Labute approximate surface area is 192 Å². The normalized spacial score (nSPS) is 23.8. The van der Waals surface area contributed by atoms with Gasteiger partial charge in [-0.15, -0.1) is 0 Å². The van der Waals surface area contributed by atoms with Crippen LogP contribution in [-0.2, 0) is 9.53 Å². The number of carbonyl (C=O) groups excluding carboxylic acids is 1. The van der Waals surface area contributed by atoms with Gasteiger partial charge in [0, 0.05) is 36.3 Å². The summed E-state index contributed by atoms with van der Waals surface area (Å²) in [6, 6.07) is 16.0. The molecule has 0 radical (unpaired) electrons. The molecule has 6 heteroatoms. The van der Waals surface area contributed by atoms with Crippen LogP contribution in [0.1, 0.15) is 53.9 Å². The molecule has 2 atom stereocenters. The Balaban J connectivity index is 1.12. The summed E-state index contributed by atoms with van der Waals surface area (Å²) in [4.78, 5) is 29.2. The van der Waals surface area contributed by atoms with Crippen LogP contribution in [0.25, 0.3) is 22.2 Å². The molecule has 1 amide bonds. The topological polar surface area (TPSA) is 82.6 Å². The zero-order valence-corrected chi connectivity index (χ0v) is 18.5. The van der Waals surface area contributed by atoms with Gasteiger partial charge in [0.25, 0.3) is 5.91 Å². The number of aromatic nitrogens is 1. The number of carbonyl (C=O) groups is 2. The highest BCUT2D eigenvalue weighted by Crippen LogP contribution is 2.65. The number of hydrogen-bond acceptors (Lipinski definition) is 3. The minimum Gasteiger partial charge on any atom is -0.478 e. The van der Waals surface area contributed by atoms with Crippen LogP contribution < -0.4 is 0 Å². The second kappa shape index (κ2) is 7.73. The Morgan fingerprint density at radius 1 is 1.06 bits per heavy atom. The van der Waals surface area contributed by atoms with Gasteiger partial charge in [0.05, 0.1) is 5.56 Å². The lowest BCUT2D eigenvalue weighted by Gasteiger charge is -2.34. The van der Waals surface area contributed by atoms with E-state index < -0.39 is 5.97 Å². The van der Waals surface area contributed by atoms with Gasteiger partial charge in [0.1, 0.15) is 6.10 Å². The van der Waals surface area contributed by atoms with Crippen molar-refractivity contribution in [2.24, 2.45) is 5.41 Å². The van der Waals surface area contributed by atoms with Crippen LogP contribution >= 0.6 is 0 Å². The number of nitrogens with one attached hydrogen (secondary N) is 1. The molecule has 2 aliphatic heterocycles. The van der Waals surface area contributed by atoms with Gasteiger partial charge in [-0.05, 0) is 72.8 Å². The number of aromatic amines is 1. The molecular weight excluding hydrogens is 416 g/mol. The summed E-state index contributed by atoms with van der Waals surface area (Å²) in [7, 11) is 0. The molecule has 6 rings (SSSR count). The molecule has 1 spiro atoms. The van der Waals surface area contributed by atoms with E-state index in [4.69, 9.17) is 4.74 Å². The van der Waals surface area contributed by atoms with Crippen molar-refractivity contribution in [1.82, 2.24) is 9.88 Å². The van der Waals surface area contributed by atoms with E-state index in [1.807, 2.05) is 11.0 Å². The molecule has 1 saturated carbocycles. The van der Waals surface area contributed by atoms with Crippen molar-refractivity contribution < 1.29 is 19.4 Å². The average Bonchev–Trinajstić information content (AvgIpc) is 3.21. The van der Waals surface area contributed by atoms with Crippen molar-refractivity contribution >= 4 is 22.8 Å². The van der Waals surface area contributed by atoms with Crippen LogP contribution in [0.15, 0.2) is 48.5 Å². The number of nitrogens with zero attached hydrogens (tertiary/aromatic N) is 1. The number of H-pyrrole nitrogens is 1. The van der Waals surface area contributed by atoms with Crippen LogP contribution in [0.3, 0.4) is 0 Å². The number of ether oxygens (including phenoxy) is 1. The Bertz CT molecular complexity index is 1210. The molecule has 3 fully saturated rings. The third-order valence-electron chi connectivity index (χ3n) is 7.96. The number of aromatic carboxylic acids is 1. The quantitative estimate of drug-likeness (QED) is 0.605. The number of carboxylic acid groups (broad SMARTS) is 1. The van der Waals surface area contributed by atoms with Gasteiger partial charge >= 0.3 is 5.97 Å². The van der Waals surface area contributed by atoms with Crippen molar-refractivity contribution in [3.8, 4) is 11.3 Å². The molecule has 3 aliphatic rings. The average molecular weight is 445 g/mol. The van der Waals surface area contributed by atoms with Gasteiger partial charge in [0.15, 0.2) is 0 Å². The largest absolute Gasteiger partial charge is 0.478 e. The summed E-state index contributed by atoms with van der Waals surface area (Å²) in [6.07, 6.45) is 5.01. The van der Waals surface area contributed by atoms with Gasteiger partial charge < -0.3 is 19.7 Å². The molecular formula is C27H28N2O4. The predicted molar refractivity (Wildman–Crippen MR) is 125 cm³/mol. The van der Waals surface area contributed by atoms with E-state index in [2.05, 4.69) is 35.3 Å². The van der Waals surface area contributed by atoms with Crippen molar-refractivity contribution in [2.45, 2.75) is 44.1 Å². The zero-order valence-electron chi connectivity index (χ0n) is 18.5. The van der Waals surface area contributed by atoms with Crippen LogP contribution in [0.2, 0.25) is 0 Å². The van der Waals surface area contributed by atoms with E-state index in [0.29, 0.717) is 17.9 Å². The number of piperidine rings is 1. The van der Waals surface area contributed by atoms with Crippen LogP contribution in [0, 0.1) is 5.41 Å². The van der Waals surface area contributed by atoms with Gasteiger partial charge in [-0.1, -0.05) is 30.3 Å². The third kappa shape index (κ3) is 3.62. The molecule has 2 unspecified atom stereocenters. The van der Waals surface area contributed by atoms with E-state index in [-0.39, 0.29) is 17.6 Å². The molecule has 1 aliphatic carbocycles. The molecule has 2 saturated heterocycles. The minimum absolute atomic E-state index is 0.192. The number of amides is 1. The molecule has 6 nitrogen and oxygen atoms in total. The fraction of sp³-hybridized carbons (Fsp3) is 0.407. The maximum absolute atomic E-state index is 12.6. The van der Waals surface area contributed by atoms with Crippen LogP contribution in [-0.4, -0.2) is 52.7 Å². The standard InChI is InChI=1S/C27H28N2O4/c30-25(24-2-1-13-33-24)29-11-9-27(10-12-29)16-21(27)17-3-5-18(6-4-17)22-14-19-7-8-20(26(31)32)15-23(19)28-22/h3-8,14-15,21,24,28H,1-2,9-13,16H2,(H,31,32). The Morgan fingerprint density at radius 2 is 1.85 bits per heavy atom. The molecule has 3 heterocycles. The SMILES string of the molecule is O=C(O)c1ccc2cc(-c3ccc(C4CC45CCN(C(=O)C4CCCO4)CC5)cc3)[nH]c2c1. The molecule has 2 aromatic carbocycles. The first-order valence-electron chi connectivity index (χ1n) is 11.9. The van der Waals surface area contributed by atoms with Gasteiger partial charge in [0.2, 0.25) is 0 Å². The summed E-state index contributed by atoms with van der Waals surface area (Å²) in [5, 5.41) is 10.2. The van der Waals surface area contributed by atoms with Crippen molar-refractivity contribution in [3.63, 3.8) is 0 Å². The molecule has 0 bridgehead atoms. The summed E-state index contributed by atoms with van der Waals surface area (Å²) in [5.74, 6) is -0.150. The summed E-state index contributed by atoms with van der Waals surface area (Å²) in [5.41, 5.74) is 4.93. The van der Waals surface area contributed by atoms with Crippen molar-refractivity contribution in [1.29, 1.82) is 0 Å². The highest BCUT2D eigenvalue weighted by molar-refractivity contribution is 5.95. The number of likely N-dealkylation sites (tertiary alicyclic amines) is 1. The number of carboxylic acids is 1. The summed E-state index contributed by atoms with van der Waals surface area (Å²) < 4.78 is 5.59. The monoisotopic (exact) mass is 444 g/mol. The third-order valence-corrected chi connectivity index (χ3v) is 7.96. The molecule has 1 aromatic heterocycles. The number of fused-ring (bicyclic) bond motifs is 1. The smallest absolute Gasteiger partial charge is 0.335 e. The van der Waals surface area contributed by atoms with Crippen LogP contribution in [0.5, 0.6) is 0 Å². The summed E-state index contributed by atoms with van der Waals surface area (Å²) >= 11 is 0. The van der Waals surface area contributed by atoms with Crippen molar-refractivity contribution in [3.05, 3.63) is 59.7 Å². The maximum Gasteiger partial charge on any atom is 0.335 e. The molecule has 3 aromatic rings. The lowest BCUT2D eigenvalue weighted by molar-refractivity contribution is -0.142. The Hall–Kier alpha value is -3.12. The highest BCUT2D eigenvalue weighted by atomic mass is 16.5. The van der Waals surface area contributed by atoms with E-state index in [1.54, 1.807) is 12.1 Å². The molecule has 2 N–H and O–H groups in total. The number of hydrogen-bond donors (Lipinski definition) is 2. The fourth-order valence-corrected chi connectivity index (χ4v) is 5.83.